The van der Waals surface area contributed by atoms with E-state index in [2.05, 4.69) is 15.9 Å². The molecule has 0 aromatic heterocycles. The van der Waals surface area contributed by atoms with Crippen molar-refractivity contribution in [2.75, 3.05) is 7.11 Å². The lowest BCUT2D eigenvalue weighted by Gasteiger charge is -2.12. The molecule has 0 amide bonds. The first-order valence-corrected chi connectivity index (χ1v) is 6.43. The van der Waals surface area contributed by atoms with Crippen LogP contribution >= 0.6 is 15.9 Å². The molecule has 0 spiro atoms. The summed E-state index contributed by atoms with van der Waals surface area (Å²) in [5, 5.41) is 0. The van der Waals surface area contributed by atoms with E-state index in [1.807, 2.05) is 32.0 Å². The summed E-state index contributed by atoms with van der Waals surface area (Å²) in [5.41, 5.74) is 3.68. The van der Waals surface area contributed by atoms with Crippen LogP contribution in [0.3, 0.4) is 0 Å². The van der Waals surface area contributed by atoms with Crippen molar-refractivity contribution < 1.29 is 9.13 Å². The van der Waals surface area contributed by atoms with Crippen LogP contribution < -0.4 is 4.74 Å². The second kappa shape index (κ2) is 5.11. The molecule has 0 fully saturated rings. The second-order valence-electron chi connectivity index (χ2n) is 4.22. The van der Waals surface area contributed by atoms with Crippen LogP contribution in [0.5, 0.6) is 5.75 Å². The van der Waals surface area contributed by atoms with Gasteiger partial charge in [0, 0.05) is 10.0 Å². The van der Waals surface area contributed by atoms with E-state index in [4.69, 9.17) is 4.74 Å². The predicted molar refractivity (Wildman–Crippen MR) is 75.6 cm³/mol. The van der Waals surface area contributed by atoms with Crippen molar-refractivity contribution >= 4 is 15.9 Å². The Morgan fingerprint density at radius 1 is 1.11 bits per heavy atom. The molecule has 18 heavy (non-hydrogen) atoms. The number of halogens is 2. The normalized spacial score (nSPS) is 10.5. The molecule has 0 atom stereocenters. The number of rotatable bonds is 2. The van der Waals surface area contributed by atoms with E-state index in [9.17, 15) is 4.39 Å². The zero-order chi connectivity index (χ0) is 13.3. The van der Waals surface area contributed by atoms with E-state index >= 15 is 0 Å². The fraction of sp³-hybridized carbons (Fsp3) is 0.200. The van der Waals surface area contributed by atoms with Gasteiger partial charge in [-0.1, -0.05) is 34.1 Å². The lowest BCUT2D eigenvalue weighted by atomic mass is 9.96. The van der Waals surface area contributed by atoms with Crippen LogP contribution in [0.1, 0.15) is 11.1 Å². The van der Waals surface area contributed by atoms with Gasteiger partial charge in [-0.25, -0.2) is 4.39 Å². The molecule has 0 aliphatic heterocycles. The Hall–Kier alpha value is -1.35. The van der Waals surface area contributed by atoms with Gasteiger partial charge < -0.3 is 4.74 Å². The summed E-state index contributed by atoms with van der Waals surface area (Å²) in [6.07, 6.45) is 0. The van der Waals surface area contributed by atoms with Crippen molar-refractivity contribution in [2.45, 2.75) is 13.8 Å². The van der Waals surface area contributed by atoms with Crippen molar-refractivity contribution in [2.24, 2.45) is 0 Å². The van der Waals surface area contributed by atoms with Crippen LogP contribution in [0.2, 0.25) is 0 Å². The smallest absolute Gasteiger partial charge is 0.172 e. The van der Waals surface area contributed by atoms with Crippen LogP contribution in [0, 0.1) is 19.7 Å². The minimum atomic E-state index is -0.325. The maximum absolute atomic E-state index is 14.3. The Kier molecular flexibility index (Phi) is 3.71. The average Bonchev–Trinajstić information content (AvgIpc) is 2.35. The highest BCUT2D eigenvalue weighted by atomic mass is 79.9. The summed E-state index contributed by atoms with van der Waals surface area (Å²) in [5.74, 6) is -0.0744. The second-order valence-corrected chi connectivity index (χ2v) is 5.13. The number of benzene rings is 2. The molecule has 2 rings (SSSR count). The molecule has 3 heteroatoms. The molecule has 0 N–H and O–H groups in total. The minimum absolute atomic E-state index is 0.250. The highest BCUT2D eigenvalue weighted by molar-refractivity contribution is 9.10. The lowest BCUT2D eigenvalue weighted by molar-refractivity contribution is 0.387. The largest absolute Gasteiger partial charge is 0.494 e. The maximum Gasteiger partial charge on any atom is 0.172 e. The topological polar surface area (TPSA) is 9.23 Å². The molecule has 0 unspecified atom stereocenters. The van der Waals surface area contributed by atoms with Crippen molar-refractivity contribution in [1.82, 2.24) is 0 Å². The van der Waals surface area contributed by atoms with Gasteiger partial charge in [0.25, 0.3) is 0 Å². The Labute approximate surface area is 115 Å². The van der Waals surface area contributed by atoms with Gasteiger partial charge >= 0.3 is 0 Å². The fourth-order valence-corrected chi connectivity index (χ4v) is 2.39. The highest BCUT2D eigenvalue weighted by Crippen LogP contribution is 2.35. The van der Waals surface area contributed by atoms with Crippen LogP contribution in [0.25, 0.3) is 11.1 Å². The molecule has 1 nitrogen and oxygen atoms in total. The van der Waals surface area contributed by atoms with Crippen LogP contribution in [0.4, 0.5) is 4.39 Å². The van der Waals surface area contributed by atoms with Crippen molar-refractivity contribution in [3.8, 4) is 16.9 Å². The standard InChI is InChI=1S/C15H14BrFO/c1-9-5-4-6-12(10(9)2)13-7-11(16)8-14(18-3)15(13)17/h4-8H,1-3H3. The first-order chi connectivity index (χ1) is 8.54. The molecule has 94 valence electrons. The van der Waals surface area contributed by atoms with Crippen molar-refractivity contribution in [3.05, 3.63) is 51.7 Å². The zero-order valence-electron chi connectivity index (χ0n) is 10.6. The Balaban J connectivity index is 2.71. The first-order valence-electron chi connectivity index (χ1n) is 5.64. The van der Waals surface area contributed by atoms with Gasteiger partial charge in [0.2, 0.25) is 0 Å². The van der Waals surface area contributed by atoms with Gasteiger partial charge in [-0.2, -0.15) is 0 Å². The van der Waals surface area contributed by atoms with E-state index in [1.54, 1.807) is 12.1 Å². The van der Waals surface area contributed by atoms with Gasteiger partial charge in [-0.3, -0.25) is 0 Å². The van der Waals surface area contributed by atoms with Gasteiger partial charge in [-0.05, 0) is 42.7 Å². The molecule has 0 saturated carbocycles. The van der Waals surface area contributed by atoms with Crippen LogP contribution in [-0.2, 0) is 0 Å². The Morgan fingerprint density at radius 3 is 2.50 bits per heavy atom. The number of methoxy groups -OCH3 is 1. The molecular weight excluding hydrogens is 295 g/mol. The SMILES string of the molecule is COc1cc(Br)cc(-c2cccc(C)c2C)c1F. The third-order valence-electron chi connectivity index (χ3n) is 3.12. The third kappa shape index (κ3) is 2.27. The summed E-state index contributed by atoms with van der Waals surface area (Å²) < 4.78 is 20.2. The van der Waals surface area contributed by atoms with Gasteiger partial charge in [0.05, 0.1) is 7.11 Å². The molecule has 0 heterocycles. The van der Waals surface area contributed by atoms with Crippen molar-refractivity contribution in [1.29, 1.82) is 0 Å². The van der Waals surface area contributed by atoms with E-state index in [0.29, 0.717) is 5.56 Å². The number of hydrogen-bond donors (Lipinski definition) is 0. The van der Waals surface area contributed by atoms with Gasteiger partial charge in [-0.15, -0.1) is 0 Å². The zero-order valence-corrected chi connectivity index (χ0v) is 12.1. The van der Waals surface area contributed by atoms with E-state index in [1.165, 1.54) is 7.11 Å². The molecule has 0 saturated heterocycles. The lowest BCUT2D eigenvalue weighted by Crippen LogP contribution is -1.94. The van der Waals surface area contributed by atoms with Crippen LogP contribution in [0.15, 0.2) is 34.8 Å². The van der Waals surface area contributed by atoms with Crippen LogP contribution in [-0.4, -0.2) is 7.11 Å². The summed E-state index contributed by atoms with van der Waals surface area (Å²) in [4.78, 5) is 0. The number of hydrogen-bond acceptors (Lipinski definition) is 1. The quantitative estimate of drug-likeness (QED) is 0.768. The fourth-order valence-electron chi connectivity index (χ4n) is 1.95. The predicted octanol–water partition coefficient (Wildman–Crippen LogP) is 4.88. The number of ether oxygens (including phenoxy) is 1. The van der Waals surface area contributed by atoms with Crippen molar-refractivity contribution in [3.63, 3.8) is 0 Å². The molecular formula is C15H14BrFO. The Morgan fingerprint density at radius 2 is 1.83 bits per heavy atom. The van der Waals surface area contributed by atoms with E-state index in [-0.39, 0.29) is 11.6 Å². The summed E-state index contributed by atoms with van der Waals surface area (Å²) >= 11 is 3.38. The molecule has 2 aromatic rings. The monoisotopic (exact) mass is 308 g/mol. The minimum Gasteiger partial charge on any atom is -0.494 e. The molecule has 2 aromatic carbocycles. The molecule has 0 radical (unpaired) electrons. The van der Waals surface area contributed by atoms with E-state index in [0.717, 1.165) is 21.2 Å². The third-order valence-corrected chi connectivity index (χ3v) is 3.58. The average molecular weight is 309 g/mol. The molecule has 0 aliphatic carbocycles. The van der Waals surface area contributed by atoms with E-state index < -0.39 is 0 Å². The maximum atomic E-state index is 14.3. The number of aryl methyl sites for hydroxylation is 1. The first kappa shape index (κ1) is 13.1. The molecule has 0 aliphatic rings. The summed E-state index contributed by atoms with van der Waals surface area (Å²) in [6.45, 7) is 4.02. The Bertz CT molecular complexity index is 593. The summed E-state index contributed by atoms with van der Waals surface area (Å²) in [7, 11) is 1.47. The summed E-state index contributed by atoms with van der Waals surface area (Å²) in [6, 6.07) is 9.28. The van der Waals surface area contributed by atoms with Gasteiger partial charge in [0.15, 0.2) is 11.6 Å². The highest BCUT2D eigenvalue weighted by Gasteiger charge is 2.14. The van der Waals surface area contributed by atoms with Gasteiger partial charge in [0.1, 0.15) is 0 Å². The molecule has 0 bridgehead atoms.